The summed E-state index contributed by atoms with van der Waals surface area (Å²) in [6, 6.07) is 6.75. The maximum Gasteiger partial charge on any atom is 0.488 e. The van der Waals surface area contributed by atoms with Crippen LogP contribution in [-0.4, -0.2) is 37.0 Å². The fourth-order valence-corrected chi connectivity index (χ4v) is 1.46. The second kappa shape index (κ2) is 7.53. The number of ether oxygens (including phenoxy) is 2. The van der Waals surface area contributed by atoms with Crippen molar-refractivity contribution >= 4 is 12.6 Å². The van der Waals surface area contributed by atoms with Crippen LogP contribution in [0.2, 0.25) is 0 Å². The lowest BCUT2D eigenvalue weighted by Gasteiger charge is -2.17. The highest BCUT2D eigenvalue weighted by Gasteiger charge is 2.11. The lowest BCUT2D eigenvalue weighted by molar-refractivity contribution is 0.0819. The van der Waals surface area contributed by atoms with Gasteiger partial charge in [0.05, 0.1) is 6.61 Å². The molecule has 0 heterocycles. The van der Waals surface area contributed by atoms with E-state index in [1.807, 2.05) is 0 Å². The molecule has 4 nitrogen and oxygen atoms in total. The van der Waals surface area contributed by atoms with Gasteiger partial charge in [0.2, 0.25) is 0 Å². The second-order valence-corrected chi connectivity index (χ2v) is 5.72. The number of hydrogen-bond acceptors (Lipinski definition) is 4. The molecule has 1 aromatic carbocycles. The molecule has 106 valence electrons. The van der Waals surface area contributed by atoms with Gasteiger partial charge in [-0.05, 0) is 29.4 Å². The summed E-state index contributed by atoms with van der Waals surface area (Å²) in [5.74, 6) is 0.616. The van der Waals surface area contributed by atoms with Crippen molar-refractivity contribution in [3.8, 4) is 5.75 Å². The van der Waals surface area contributed by atoms with Gasteiger partial charge in [0.1, 0.15) is 12.4 Å². The van der Waals surface area contributed by atoms with Crippen molar-refractivity contribution in [2.45, 2.75) is 27.2 Å². The molecule has 0 saturated carbocycles. The molecule has 0 fully saturated rings. The minimum atomic E-state index is -1.47. The Morgan fingerprint density at radius 3 is 2.47 bits per heavy atom. The van der Waals surface area contributed by atoms with Crippen molar-refractivity contribution in [1.82, 2.24) is 0 Å². The van der Waals surface area contributed by atoms with Crippen LogP contribution in [0.25, 0.3) is 0 Å². The van der Waals surface area contributed by atoms with Crippen LogP contribution in [0, 0.1) is 5.41 Å². The zero-order chi connectivity index (χ0) is 14.3. The van der Waals surface area contributed by atoms with Crippen LogP contribution in [0.4, 0.5) is 0 Å². The van der Waals surface area contributed by atoms with E-state index in [1.54, 1.807) is 24.3 Å². The largest absolute Gasteiger partial charge is 0.491 e. The van der Waals surface area contributed by atoms with Crippen LogP contribution in [0.5, 0.6) is 5.75 Å². The van der Waals surface area contributed by atoms with Gasteiger partial charge in [0.25, 0.3) is 0 Å². The van der Waals surface area contributed by atoms with Gasteiger partial charge in [-0.15, -0.1) is 0 Å². The highest BCUT2D eigenvalue weighted by Crippen LogP contribution is 2.17. The Morgan fingerprint density at radius 2 is 1.84 bits per heavy atom. The highest BCUT2D eigenvalue weighted by molar-refractivity contribution is 6.58. The van der Waals surface area contributed by atoms with E-state index in [0.717, 1.165) is 13.0 Å². The van der Waals surface area contributed by atoms with Gasteiger partial charge < -0.3 is 19.5 Å². The van der Waals surface area contributed by atoms with E-state index >= 15 is 0 Å². The van der Waals surface area contributed by atoms with E-state index in [1.165, 1.54) is 0 Å². The molecule has 0 spiro atoms. The summed E-state index contributed by atoms with van der Waals surface area (Å²) in [5.41, 5.74) is 0.707. The molecular weight excluding hydrogens is 243 g/mol. The Labute approximate surface area is 115 Å². The molecule has 1 aromatic rings. The third kappa shape index (κ3) is 7.20. The van der Waals surface area contributed by atoms with Crippen LogP contribution >= 0.6 is 0 Å². The van der Waals surface area contributed by atoms with E-state index in [-0.39, 0.29) is 5.41 Å². The van der Waals surface area contributed by atoms with Crippen molar-refractivity contribution < 1.29 is 19.5 Å². The smallest absolute Gasteiger partial charge is 0.488 e. The standard InChI is InChI=1S/C14H23BO4/c1-14(2,3)7-8-18-9-10-19-13-6-4-5-12(11-13)15(16)17/h4-6,11,16-17H,7-10H2,1-3H3. The number of benzene rings is 1. The second-order valence-electron chi connectivity index (χ2n) is 5.72. The average molecular weight is 266 g/mol. The zero-order valence-corrected chi connectivity index (χ0v) is 11.9. The molecule has 1 rings (SSSR count). The first-order valence-corrected chi connectivity index (χ1v) is 6.55. The van der Waals surface area contributed by atoms with Crippen LogP contribution in [0.1, 0.15) is 27.2 Å². The molecule has 0 aliphatic rings. The molecule has 2 N–H and O–H groups in total. The third-order valence-electron chi connectivity index (χ3n) is 2.65. The summed E-state index contributed by atoms with van der Waals surface area (Å²) in [6.07, 6.45) is 1.01. The Bertz CT molecular complexity index is 374. The monoisotopic (exact) mass is 266 g/mol. The fourth-order valence-electron chi connectivity index (χ4n) is 1.46. The number of rotatable bonds is 7. The molecule has 5 heteroatoms. The fraction of sp³-hybridized carbons (Fsp3) is 0.571. The Morgan fingerprint density at radius 1 is 1.11 bits per heavy atom. The first-order valence-electron chi connectivity index (χ1n) is 6.55. The molecule has 0 aromatic heterocycles. The lowest BCUT2D eigenvalue weighted by atomic mass is 9.80. The SMILES string of the molecule is CC(C)(C)CCOCCOc1cccc(B(O)O)c1. The van der Waals surface area contributed by atoms with E-state index in [0.29, 0.717) is 24.4 Å². The summed E-state index contributed by atoms with van der Waals surface area (Å²) in [7, 11) is -1.47. The van der Waals surface area contributed by atoms with Gasteiger partial charge >= 0.3 is 7.12 Å². The minimum Gasteiger partial charge on any atom is -0.491 e. The quantitative estimate of drug-likeness (QED) is 0.575. The van der Waals surface area contributed by atoms with Crippen LogP contribution < -0.4 is 10.2 Å². The van der Waals surface area contributed by atoms with E-state index < -0.39 is 7.12 Å². The lowest BCUT2D eigenvalue weighted by Crippen LogP contribution is -2.29. The molecule has 0 saturated heterocycles. The Balaban J connectivity index is 2.21. The average Bonchev–Trinajstić information content (AvgIpc) is 2.32. The van der Waals surface area contributed by atoms with Crippen molar-refractivity contribution in [2.75, 3.05) is 19.8 Å². The predicted molar refractivity (Wildman–Crippen MR) is 76.7 cm³/mol. The minimum absolute atomic E-state index is 0.284. The molecule has 0 aliphatic heterocycles. The van der Waals surface area contributed by atoms with Crippen LogP contribution in [-0.2, 0) is 4.74 Å². The van der Waals surface area contributed by atoms with Gasteiger partial charge in [-0.1, -0.05) is 32.9 Å². The van der Waals surface area contributed by atoms with Gasteiger partial charge in [-0.25, -0.2) is 0 Å². The number of hydrogen-bond donors (Lipinski definition) is 2. The maximum atomic E-state index is 9.04. The van der Waals surface area contributed by atoms with E-state index in [9.17, 15) is 0 Å². The summed E-state index contributed by atoms with van der Waals surface area (Å²) in [6.45, 7) is 8.25. The van der Waals surface area contributed by atoms with Crippen molar-refractivity contribution in [1.29, 1.82) is 0 Å². The predicted octanol–water partition coefficient (Wildman–Crippen LogP) is 1.20. The van der Waals surface area contributed by atoms with Gasteiger partial charge in [-0.2, -0.15) is 0 Å². The molecule has 0 aliphatic carbocycles. The van der Waals surface area contributed by atoms with Crippen molar-refractivity contribution in [3.05, 3.63) is 24.3 Å². The first kappa shape index (κ1) is 16.0. The Kier molecular flexibility index (Phi) is 6.35. The Hall–Kier alpha value is -1.04. The highest BCUT2D eigenvalue weighted by atomic mass is 16.5. The van der Waals surface area contributed by atoms with Gasteiger partial charge in [-0.3, -0.25) is 0 Å². The van der Waals surface area contributed by atoms with E-state index in [4.69, 9.17) is 19.5 Å². The molecule has 0 unspecified atom stereocenters. The molecule has 19 heavy (non-hydrogen) atoms. The van der Waals surface area contributed by atoms with Crippen molar-refractivity contribution in [3.63, 3.8) is 0 Å². The van der Waals surface area contributed by atoms with Gasteiger partial charge in [0.15, 0.2) is 0 Å². The maximum absolute atomic E-state index is 9.04. The molecule has 0 radical (unpaired) electrons. The topological polar surface area (TPSA) is 58.9 Å². The first-order chi connectivity index (χ1) is 8.88. The van der Waals surface area contributed by atoms with Crippen LogP contribution in [0.3, 0.4) is 0 Å². The normalized spacial score (nSPS) is 11.4. The molecule has 0 bridgehead atoms. The summed E-state index contributed by atoms with van der Waals surface area (Å²) in [4.78, 5) is 0. The molecule has 0 amide bonds. The van der Waals surface area contributed by atoms with Crippen LogP contribution in [0.15, 0.2) is 24.3 Å². The van der Waals surface area contributed by atoms with Crippen molar-refractivity contribution in [2.24, 2.45) is 5.41 Å². The summed E-state index contributed by atoms with van der Waals surface area (Å²) < 4.78 is 11.0. The third-order valence-corrected chi connectivity index (χ3v) is 2.65. The van der Waals surface area contributed by atoms with E-state index in [2.05, 4.69) is 20.8 Å². The zero-order valence-electron chi connectivity index (χ0n) is 11.9. The molecule has 0 atom stereocenters. The van der Waals surface area contributed by atoms with Gasteiger partial charge in [0, 0.05) is 6.61 Å². The summed E-state index contributed by atoms with van der Waals surface area (Å²) in [5, 5.41) is 18.1. The summed E-state index contributed by atoms with van der Waals surface area (Å²) >= 11 is 0. The molecular formula is C14H23BO4.